The minimum Gasteiger partial charge on any atom is -0.481 e. The number of hydrogen-bond acceptors (Lipinski definition) is 12. The van der Waals surface area contributed by atoms with Gasteiger partial charge in [-0.2, -0.15) is 5.26 Å². The van der Waals surface area contributed by atoms with Crippen LogP contribution in [0.1, 0.15) is 96.6 Å². The molecular formula is C51H63N7O13S. The lowest BCUT2D eigenvalue weighted by Gasteiger charge is -2.32. The summed E-state index contributed by atoms with van der Waals surface area (Å²) in [4.78, 5) is 108. The summed E-state index contributed by atoms with van der Waals surface area (Å²) in [7, 11) is -1.72. The monoisotopic (exact) mass is 1010 g/mol. The Balaban J connectivity index is 1.10. The molecule has 21 heteroatoms. The van der Waals surface area contributed by atoms with E-state index in [4.69, 9.17) is 10.4 Å². The van der Waals surface area contributed by atoms with Crippen LogP contribution in [0.25, 0.3) is 0 Å². The van der Waals surface area contributed by atoms with Crippen LogP contribution in [-0.2, 0) is 52.6 Å². The van der Waals surface area contributed by atoms with E-state index in [1.165, 1.54) is 10.5 Å². The number of anilines is 1. The van der Waals surface area contributed by atoms with E-state index in [0.717, 1.165) is 51.7 Å². The molecule has 3 aromatic carbocycles. The van der Waals surface area contributed by atoms with Crippen LogP contribution in [0.2, 0.25) is 0 Å². The van der Waals surface area contributed by atoms with Crippen molar-refractivity contribution < 1.29 is 62.9 Å². The average molecular weight is 1010 g/mol. The first kappa shape index (κ1) is 55.7. The van der Waals surface area contributed by atoms with Crippen LogP contribution in [0.5, 0.6) is 0 Å². The maximum absolute atomic E-state index is 14.2. The molecule has 2 heterocycles. The highest BCUT2D eigenvalue weighted by atomic mass is 32.2. The summed E-state index contributed by atoms with van der Waals surface area (Å²) in [5.74, 6) is -5.10. The number of carboxylic acids is 2. The van der Waals surface area contributed by atoms with Crippen molar-refractivity contribution in [2.75, 3.05) is 44.2 Å². The molecule has 0 saturated carbocycles. The first-order chi connectivity index (χ1) is 34.6. The van der Waals surface area contributed by atoms with Gasteiger partial charge in [-0.25, -0.2) is 18.6 Å². The van der Waals surface area contributed by atoms with Crippen molar-refractivity contribution in [2.24, 2.45) is 5.92 Å². The molecule has 2 aliphatic rings. The van der Waals surface area contributed by atoms with Crippen LogP contribution in [0.4, 0.5) is 10.5 Å². The molecule has 0 bridgehead atoms. The van der Waals surface area contributed by atoms with Crippen molar-refractivity contribution in [1.29, 1.82) is 0 Å². The Morgan fingerprint density at radius 1 is 0.833 bits per heavy atom. The van der Waals surface area contributed by atoms with Gasteiger partial charge in [-0.05, 0) is 112 Å². The number of aliphatic carboxylic acids is 2. The molecule has 2 aliphatic heterocycles. The number of nitrogens with zero attached hydrogens (tertiary/aromatic N) is 2. The summed E-state index contributed by atoms with van der Waals surface area (Å²) in [6, 6.07) is 14.3. The standard InChI is InChI=1S/C51H63N7O13S/c1-3-8-33(4-2)29-35-21-27-57(28-22-35)26-7-23-54-47(63)37-15-18-43-41(31-37)58(48(64)38-9-5-6-10-42(38)72(43)70)32-36-13-11-34(12-14-36)30-45(60)53-25-24-52-44(59)19-16-39(49(65)66)55-51(68)56-40(50(67)71-69)17-20-46(61)62/h3,5-6,8-15,18,31,35,39-40,69H,1,4,7,16-17,19-30,32H2,2H3,(H,52,59)(H,53,60)(H,54,63)(H,61,62)(H,65,66)(H2,55,56,68)/b33-8+. The smallest absolute Gasteiger partial charge is 0.364 e. The van der Waals surface area contributed by atoms with Gasteiger partial charge in [0.2, 0.25) is 11.8 Å². The predicted molar refractivity (Wildman–Crippen MR) is 265 cm³/mol. The first-order valence-electron chi connectivity index (χ1n) is 23.9. The SMILES string of the molecule is C=C/C=C(\CC)CC1CCN(CCCNC(=O)c2ccc3c(c2)N(Cc2ccc(CC(=O)NCCNC(=O)CCC(NC(=O)NC(CCC(=O)O)C(=O)OO)C(=O)O)cc2)C(=O)c2ccccc2S3=O)CC1. The van der Waals surface area contributed by atoms with Crippen molar-refractivity contribution >= 4 is 64.1 Å². The molecule has 386 valence electrons. The zero-order valence-corrected chi connectivity index (χ0v) is 41.0. The second kappa shape index (κ2) is 28.0. The van der Waals surface area contributed by atoms with Gasteiger partial charge in [-0.3, -0.25) is 28.9 Å². The molecule has 6 amide bonds. The summed E-state index contributed by atoms with van der Waals surface area (Å²) in [6.07, 6.45) is 7.46. The second-order valence-corrected chi connectivity index (χ2v) is 18.9. The Hall–Kier alpha value is -7.23. The van der Waals surface area contributed by atoms with Crippen LogP contribution in [-0.4, -0.2) is 123 Å². The summed E-state index contributed by atoms with van der Waals surface area (Å²) in [5.41, 5.74) is 3.75. The third-order valence-electron chi connectivity index (χ3n) is 12.4. The molecule has 5 rings (SSSR count). The van der Waals surface area contributed by atoms with Gasteiger partial charge >= 0.3 is 23.9 Å². The topological polar surface area (TPSA) is 290 Å². The van der Waals surface area contributed by atoms with Crippen LogP contribution in [0, 0.1) is 5.92 Å². The number of rotatable bonds is 26. The van der Waals surface area contributed by atoms with Crippen LogP contribution in [0.3, 0.4) is 0 Å². The Kier molecular flexibility index (Phi) is 21.6. The lowest BCUT2D eigenvalue weighted by atomic mass is 9.89. The number of nitrogens with one attached hydrogen (secondary N) is 5. The fourth-order valence-corrected chi connectivity index (χ4v) is 9.75. The molecule has 20 nitrogen and oxygen atoms in total. The number of carbonyl (C=O) groups excluding carboxylic acids is 6. The van der Waals surface area contributed by atoms with Crippen molar-refractivity contribution in [2.45, 2.75) is 99.6 Å². The average Bonchev–Trinajstić information content (AvgIpc) is 3.45. The number of carbonyl (C=O) groups is 8. The summed E-state index contributed by atoms with van der Waals surface area (Å²) in [6.45, 7) is 9.52. The summed E-state index contributed by atoms with van der Waals surface area (Å²) >= 11 is 0. The fraction of sp³-hybridized carbons (Fsp3) is 0.412. The Labute approximate surface area is 420 Å². The number of allylic oxidation sites excluding steroid dienone is 3. The van der Waals surface area contributed by atoms with Crippen molar-refractivity contribution in [1.82, 2.24) is 31.5 Å². The van der Waals surface area contributed by atoms with Crippen LogP contribution < -0.4 is 31.5 Å². The van der Waals surface area contributed by atoms with Crippen LogP contribution >= 0.6 is 0 Å². The molecular weight excluding hydrogens is 951 g/mol. The zero-order valence-electron chi connectivity index (χ0n) is 40.2. The molecule has 1 saturated heterocycles. The van der Waals surface area contributed by atoms with Gasteiger partial charge < -0.3 is 46.6 Å². The number of hydrogen-bond donors (Lipinski definition) is 8. The number of likely N-dealkylation sites (tertiary alicyclic amines) is 1. The molecule has 72 heavy (non-hydrogen) atoms. The molecule has 3 atom stereocenters. The fourth-order valence-electron chi connectivity index (χ4n) is 8.41. The Morgan fingerprint density at radius 3 is 2.17 bits per heavy atom. The van der Waals surface area contributed by atoms with Crippen LogP contribution in [0.15, 0.2) is 101 Å². The van der Waals surface area contributed by atoms with Crippen molar-refractivity contribution in [3.63, 3.8) is 0 Å². The molecule has 0 spiro atoms. The maximum atomic E-state index is 14.2. The van der Waals surface area contributed by atoms with Gasteiger partial charge in [0.25, 0.3) is 11.8 Å². The highest BCUT2D eigenvalue weighted by Gasteiger charge is 2.32. The van der Waals surface area contributed by atoms with Crippen molar-refractivity contribution in [3.05, 3.63) is 113 Å². The van der Waals surface area contributed by atoms with E-state index in [0.29, 0.717) is 44.6 Å². The number of carboxylic acid groups (broad SMARTS) is 2. The van der Waals surface area contributed by atoms with E-state index in [1.54, 1.807) is 66.7 Å². The third kappa shape index (κ3) is 16.7. The first-order valence-corrected chi connectivity index (χ1v) is 25.0. The van der Waals surface area contributed by atoms with E-state index >= 15 is 0 Å². The predicted octanol–water partition coefficient (Wildman–Crippen LogP) is 4.32. The van der Waals surface area contributed by atoms with E-state index in [9.17, 15) is 47.7 Å². The van der Waals surface area contributed by atoms with Gasteiger partial charge in [-0.15, -0.1) is 0 Å². The lowest BCUT2D eigenvalue weighted by molar-refractivity contribution is -0.236. The zero-order chi connectivity index (χ0) is 52.2. The largest absolute Gasteiger partial charge is 0.481 e. The second-order valence-electron chi connectivity index (χ2n) is 17.5. The Bertz CT molecular complexity index is 2510. The maximum Gasteiger partial charge on any atom is 0.364 e. The molecule has 0 aliphatic carbocycles. The third-order valence-corrected chi connectivity index (χ3v) is 13.9. The number of benzene rings is 3. The van der Waals surface area contributed by atoms with Gasteiger partial charge in [-0.1, -0.05) is 67.6 Å². The van der Waals surface area contributed by atoms with E-state index in [2.05, 4.69) is 50.6 Å². The molecule has 3 aromatic rings. The molecule has 0 radical (unpaired) electrons. The number of amides is 6. The summed E-state index contributed by atoms with van der Waals surface area (Å²) < 4.78 is 14.0. The number of fused-ring (bicyclic) bond motifs is 2. The number of piperidine rings is 1. The Morgan fingerprint density at radius 2 is 1.50 bits per heavy atom. The normalized spacial score (nSPS) is 15.6. The lowest BCUT2D eigenvalue weighted by Crippen LogP contribution is -2.51. The summed E-state index contributed by atoms with van der Waals surface area (Å²) in [5, 5.41) is 39.3. The van der Waals surface area contributed by atoms with E-state index in [-0.39, 0.29) is 62.2 Å². The minimum atomic E-state index is -1.72. The quantitative estimate of drug-likeness (QED) is 0.0241. The highest BCUT2D eigenvalue weighted by molar-refractivity contribution is 7.85. The molecule has 0 aromatic heterocycles. The highest BCUT2D eigenvalue weighted by Crippen LogP contribution is 2.36. The minimum absolute atomic E-state index is 0.00104. The van der Waals surface area contributed by atoms with Crippen molar-refractivity contribution in [3.8, 4) is 0 Å². The van der Waals surface area contributed by atoms with E-state index in [1.807, 2.05) is 11.4 Å². The van der Waals surface area contributed by atoms with Gasteiger partial charge in [0.15, 0.2) is 0 Å². The number of urea groups is 1. The molecule has 3 unspecified atom stereocenters. The van der Waals surface area contributed by atoms with Gasteiger partial charge in [0.05, 0.1) is 44.8 Å². The van der Waals surface area contributed by atoms with Gasteiger partial charge in [0, 0.05) is 38.0 Å². The molecule has 1 fully saturated rings. The molecule has 8 N–H and O–H groups in total. The van der Waals surface area contributed by atoms with E-state index < -0.39 is 65.6 Å². The van der Waals surface area contributed by atoms with Gasteiger partial charge in [0.1, 0.15) is 12.1 Å².